The molecule has 6 nitrogen and oxygen atoms in total. The van der Waals surface area contributed by atoms with Crippen molar-refractivity contribution in [2.24, 2.45) is 5.41 Å². The third-order valence-electron chi connectivity index (χ3n) is 5.80. The van der Waals surface area contributed by atoms with Crippen LogP contribution in [0.5, 0.6) is 11.5 Å². The van der Waals surface area contributed by atoms with Crippen molar-refractivity contribution in [1.82, 2.24) is 0 Å². The first kappa shape index (κ1) is 28.5. The van der Waals surface area contributed by atoms with E-state index >= 15 is 0 Å². The Hall–Kier alpha value is -2.57. The average molecular weight is 461 g/mol. The SMILES string of the molecule is CCC(C)(C)C(=O)OCCOc1c(CO)cc(C)cc1CO.CCC(C)c1ccc(O)cc1. The summed E-state index contributed by atoms with van der Waals surface area (Å²) in [5.74, 6) is 1.14. The van der Waals surface area contributed by atoms with Crippen LogP contribution in [0.1, 0.15) is 75.6 Å². The predicted octanol–water partition coefficient (Wildman–Crippen LogP) is 5.24. The number of carbonyl (C=O) groups excluding carboxylic acids is 1. The first-order valence-corrected chi connectivity index (χ1v) is 11.5. The number of phenolic OH excluding ortho intramolecular Hbond substituents is 1. The van der Waals surface area contributed by atoms with Crippen LogP contribution in [0.15, 0.2) is 36.4 Å². The van der Waals surface area contributed by atoms with Crippen molar-refractivity contribution in [3.8, 4) is 11.5 Å². The van der Waals surface area contributed by atoms with E-state index in [2.05, 4.69) is 13.8 Å². The zero-order valence-corrected chi connectivity index (χ0v) is 20.9. The van der Waals surface area contributed by atoms with Gasteiger partial charge in [0, 0.05) is 11.1 Å². The molecule has 0 bridgehead atoms. The highest BCUT2D eigenvalue weighted by Crippen LogP contribution is 2.27. The van der Waals surface area contributed by atoms with E-state index in [1.54, 1.807) is 24.3 Å². The van der Waals surface area contributed by atoms with Crippen molar-refractivity contribution in [3.63, 3.8) is 0 Å². The largest absolute Gasteiger partial charge is 0.508 e. The number of carbonyl (C=O) groups is 1. The lowest BCUT2D eigenvalue weighted by Crippen LogP contribution is -2.27. The fraction of sp³-hybridized carbons (Fsp3) is 0.519. The molecular formula is C27H40O6. The minimum atomic E-state index is -0.504. The molecule has 184 valence electrons. The molecule has 2 aromatic carbocycles. The molecule has 0 radical (unpaired) electrons. The van der Waals surface area contributed by atoms with E-state index in [-0.39, 0.29) is 32.4 Å². The van der Waals surface area contributed by atoms with Crippen LogP contribution in [0.4, 0.5) is 0 Å². The molecular weight excluding hydrogens is 420 g/mol. The van der Waals surface area contributed by atoms with E-state index in [0.717, 1.165) is 12.0 Å². The number of esters is 1. The molecule has 0 saturated heterocycles. The molecule has 1 atom stereocenters. The van der Waals surface area contributed by atoms with Crippen LogP contribution < -0.4 is 4.74 Å². The Balaban J connectivity index is 0.000000412. The molecule has 3 N–H and O–H groups in total. The number of aliphatic hydroxyl groups excluding tert-OH is 2. The summed E-state index contributed by atoms with van der Waals surface area (Å²) in [6.45, 7) is 11.8. The molecule has 0 aliphatic heterocycles. The summed E-state index contributed by atoms with van der Waals surface area (Å²) in [4.78, 5) is 11.8. The summed E-state index contributed by atoms with van der Waals surface area (Å²) < 4.78 is 10.8. The summed E-state index contributed by atoms with van der Waals surface area (Å²) in [5.41, 5.74) is 2.96. The van der Waals surface area contributed by atoms with Crippen LogP contribution in [-0.4, -0.2) is 34.5 Å². The van der Waals surface area contributed by atoms with Crippen molar-refractivity contribution >= 4 is 5.97 Å². The van der Waals surface area contributed by atoms with Crippen LogP contribution >= 0.6 is 0 Å². The fourth-order valence-corrected chi connectivity index (χ4v) is 3.01. The third-order valence-corrected chi connectivity index (χ3v) is 5.80. The van der Waals surface area contributed by atoms with Gasteiger partial charge in [0.25, 0.3) is 0 Å². The Morgan fingerprint density at radius 3 is 2.00 bits per heavy atom. The van der Waals surface area contributed by atoms with Gasteiger partial charge in [-0.05, 0) is 57.2 Å². The second-order valence-corrected chi connectivity index (χ2v) is 8.85. The maximum absolute atomic E-state index is 11.8. The average Bonchev–Trinajstić information content (AvgIpc) is 2.82. The van der Waals surface area contributed by atoms with Crippen molar-refractivity contribution in [3.05, 3.63) is 58.7 Å². The van der Waals surface area contributed by atoms with Crippen molar-refractivity contribution in [2.75, 3.05) is 13.2 Å². The lowest BCUT2D eigenvalue weighted by Gasteiger charge is -2.20. The van der Waals surface area contributed by atoms with Gasteiger partial charge in [-0.25, -0.2) is 0 Å². The van der Waals surface area contributed by atoms with Gasteiger partial charge in [0.1, 0.15) is 24.7 Å². The smallest absolute Gasteiger partial charge is 0.311 e. The number of benzene rings is 2. The number of aromatic hydroxyl groups is 1. The van der Waals surface area contributed by atoms with Crippen LogP contribution in [0, 0.1) is 12.3 Å². The van der Waals surface area contributed by atoms with Gasteiger partial charge >= 0.3 is 5.97 Å². The molecule has 0 aromatic heterocycles. The Kier molecular flexibility index (Phi) is 12.0. The van der Waals surface area contributed by atoms with E-state index in [1.807, 2.05) is 39.8 Å². The number of phenols is 1. The van der Waals surface area contributed by atoms with Crippen LogP contribution in [-0.2, 0) is 22.7 Å². The highest BCUT2D eigenvalue weighted by molar-refractivity contribution is 5.75. The van der Waals surface area contributed by atoms with Crippen molar-refractivity contribution in [2.45, 2.75) is 73.5 Å². The molecule has 0 spiro atoms. The number of aliphatic hydroxyl groups is 2. The third kappa shape index (κ3) is 9.06. The lowest BCUT2D eigenvalue weighted by atomic mass is 9.91. The van der Waals surface area contributed by atoms with Gasteiger partial charge in [0.2, 0.25) is 0 Å². The number of hydrogen-bond donors (Lipinski definition) is 3. The summed E-state index contributed by atoms with van der Waals surface area (Å²) >= 11 is 0. The van der Waals surface area contributed by atoms with Crippen LogP contribution in [0.2, 0.25) is 0 Å². The molecule has 1 unspecified atom stereocenters. The Morgan fingerprint density at radius 1 is 1.00 bits per heavy atom. The summed E-state index contributed by atoms with van der Waals surface area (Å²) in [6.07, 6.45) is 1.85. The van der Waals surface area contributed by atoms with E-state index < -0.39 is 5.41 Å². The van der Waals surface area contributed by atoms with E-state index in [0.29, 0.717) is 35.0 Å². The van der Waals surface area contributed by atoms with Crippen molar-refractivity contribution in [1.29, 1.82) is 0 Å². The molecule has 2 rings (SSSR count). The standard InChI is InChI=1S/C17H26O5.C10H14O/c1-5-17(3,4)16(20)22-7-6-21-15-13(10-18)8-12(2)9-14(15)11-19;1-3-8(2)9-4-6-10(11)7-5-9/h8-9,18-19H,5-7,10-11H2,1-4H3;4-8,11H,3H2,1-2H3. The van der Waals surface area contributed by atoms with Crippen molar-refractivity contribution < 1.29 is 29.6 Å². The number of ether oxygens (including phenoxy) is 2. The normalized spacial score (nSPS) is 11.9. The monoisotopic (exact) mass is 460 g/mol. The molecule has 0 saturated carbocycles. The van der Waals surface area contributed by atoms with Gasteiger partial charge in [0.05, 0.1) is 18.6 Å². The Morgan fingerprint density at radius 2 is 1.55 bits per heavy atom. The second kappa shape index (κ2) is 13.9. The van der Waals surface area contributed by atoms with Gasteiger partial charge in [-0.2, -0.15) is 0 Å². The fourth-order valence-electron chi connectivity index (χ4n) is 3.01. The number of hydrogen-bond acceptors (Lipinski definition) is 6. The maximum Gasteiger partial charge on any atom is 0.311 e. The minimum Gasteiger partial charge on any atom is -0.508 e. The van der Waals surface area contributed by atoms with Gasteiger partial charge in [-0.1, -0.05) is 50.6 Å². The van der Waals surface area contributed by atoms with E-state index in [9.17, 15) is 15.0 Å². The molecule has 0 heterocycles. The minimum absolute atomic E-state index is 0.131. The van der Waals surface area contributed by atoms with Crippen LogP contribution in [0.3, 0.4) is 0 Å². The molecule has 0 aliphatic carbocycles. The molecule has 0 fully saturated rings. The first-order valence-electron chi connectivity index (χ1n) is 11.5. The molecule has 0 amide bonds. The number of rotatable bonds is 10. The summed E-state index contributed by atoms with van der Waals surface area (Å²) in [6, 6.07) is 11.0. The highest BCUT2D eigenvalue weighted by Gasteiger charge is 2.26. The van der Waals surface area contributed by atoms with E-state index in [4.69, 9.17) is 14.6 Å². The zero-order valence-electron chi connectivity index (χ0n) is 20.9. The Bertz CT molecular complexity index is 832. The quantitative estimate of drug-likeness (QED) is 0.331. The molecule has 0 aliphatic rings. The molecule has 6 heteroatoms. The Labute approximate surface area is 198 Å². The van der Waals surface area contributed by atoms with Gasteiger partial charge in [0.15, 0.2) is 0 Å². The van der Waals surface area contributed by atoms with Gasteiger partial charge < -0.3 is 24.8 Å². The molecule has 2 aromatic rings. The molecule has 33 heavy (non-hydrogen) atoms. The lowest BCUT2D eigenvalue weighted by molar-refractivity contribution is -0.154. The van der Waals surface area contributed by atoms with Gasteiger partial charge in [-0.3, -0.25) is 4.79 Å². The summed E-state index contributed by atoms with van der Waals surface area (Å²) in [5, 5.41) is 27.8. The summed E-state index contributed by atoms with van der Waals surface area (Å²) in [7, 11) is 0. The second-order valence-electron chi connectivity index (χ2n) is 8.85. The predicted molar refractivity (Wildman–Crippen MR) is 130 cm³/mol. The zero-order chi connectivity index (χ0) is 25.0. The topological polar surface area (TPSA) is 96.2 Å². The maximum atomic E-state index is 11.8. The highest BCUT2D eigenvalue weighted by atomic mass is 16.6. The van der Waals surface area contributed by atoms with E-state index in [1.165, 1.54) is 5.56 Å². The van der Waals surface area contributed by atoms with Crippen LogP contribution in [0.25, 0.3) is 0 Å². The number of aryl methyl sites for hydroxylation is 1. The van der Waals surface area contributed by atoms with Gasteiger partial charge in [-0.15, -0.1) is 0 Å². The first-order chi connectivity index (χ1) is 15.6.